The molecule has 0 bridgehead atoms. The first-order valence-corrected chi connectivity index (χ1v) is 12.1. The van der Waals surface area contributed by atoms with Crippen molar-refractivity contribution in [2.75, 3.05) is 0 Å². The van der Waals surface area contributed by atoms with Gasteiger partial charge in [0.1, 0.15) is 0 Å². The van der Waals surface area contributed by atoms with Gasteiger partial charge in [0, 0.05) is 23.9 Å². The molecule has 2 aromatic heterocycles. The Bertz CT molecular complexity index is 1390. The van der Waals surface area contributed by atoms with Crippen LogP contribution in [0.1, 0.15) is 49.2 Å². The maximum atomic E-state index is 13.3. The molecule has 0 aliphatic heterocycles. The molecule has 1 amide bonds. The van der Waals surface area contributed by atoms with Gasteiger partial charge in [-0.2, -0.15) is 0 Å². The van der Waals surface area contributed by atoms with Crippen molar-refractivity contribution in [3.63, 3.8) is 0 Å². The third-order valence-electron chi connectivity index (χ3n) is 5.25. The average molecular weight is 464 g/mol. The first-order valence-electron chi connectivity index (χ1n) is 11.2. The minimum atomic E-state index is -0.173. The van der Waals surface area contributed by atoms with Crippen LogP contribution < -0.4 is 10.9 Å². The Hall–Kier alpha value is -3.13. The Labute approximate surface area is 197 Å². The average Bonchev–Trinajstić information content (AvgIpc) is 3.18. The second-order valence-corrected chi connectivity index (χ2v) is 10.0. The van der Waals surface area contributed by atoms with E-state index in [2.05, 4.69) is 54.5 Å². The highest BCUT2D eigenvalue weighted by molar-refractivity contribution is 7.98. The molecule has 1 N–H and O–H groups in total. The maximum Gasteiger partial charge on any atom is 0.262 e. The first kappa shape index (κ1) is 23.0. The number of benzene rings is 2. The highest BCUT2D eigenvalue weighted by atomic mass is 32.2. The number of hydrogen-bond donors (Lipinski definition) is 1. The van der Waals surface area contributed by atoms with Crippen molar-refractivity contribution in [1.82, 2.24) is 24.5 Å². The van der Waals surface area contributed by atoms with Crippen molar-refractivity contribution >= 4 is 34.3 Å². The number of nitrogens with one attached hydrogen (secondary N) is 1. The Morgan fingerprint density at radius 2 is 1.88 bits per heavy atom. The van der Waals surface area contributed by atoms with E-state index in [0.717, 1.165) is 5.75 Å². The van der Waals surface area contributed by atoms with Gasteiger partial charge in [-0.15, -0.1) is 10.2 Å². The van der Waals surface area contributed by atoms with Gasteiger partial charge in [-0.1, -0.05) is 55.4 Å². The van der Waals surface area contributed by atoms with Gasteiger partial charge in [0.05, 0.1) is 10.9 Å². The number of carbonyl (C=O) groups is 1. The molecule has 0 aliphatic carbocycles. The summed E-state index contributed by atoms with van der Waals surface area (Å²) in [5.41, 5.74) is 3.42. The number of nitrogens with zero attached hydrogens (tertiary/aromatic N) is 4. The van der Waals surface area contributed by atoms with Crippen molar-refractivity contribution < 1.29 is 4.79 Å². The standard InChI is InChI=1S/C25H29N5O2S/c1-15(2)13-29-23(32)20-10-9-19(22(31)26-16(3)4)12-21(20)30-24(29)27-28-25(30)33-14-18-8-6-7-17(5)11-18/h6-12,15-16H,13-14H2,1-5H3,(H,26,31). The number of hydrogen-bond acceptors (Lipinski definition) is 5. The summed E-state index contributed by atoms with van der Waals surface area (Å²) in [6, 6.07) is 13.6. The van der Waals surface area contributed by atoms with E-state index in [9.17, 15) is 9.59 Å². The molecule has 0 spiro atoms. The van der Waals surface area contributed by atoms with Gasteiger partial charge in [-0.25, -0.2) is 0 Å². The Kier molecular flexibility index (Phi) is 6.56. The fraction of sp³-hybridized carbons (Fsp3) is 0.360. The van der Waals surface area contributed by atoms with E-state index in [1.165, 1.54) is 11.1 Å². The van der Waals surface area contributed by atoms with Crippen molar-refractivity contribution in [2.24, 2.45) is 5.92 Å². The summed E-state index contributed by atoms with van der Waals surface area (Å²) in [6.45, 7) is 10.6. The molecule has 0 saturated carbocycles. The van der Waals surface area contributed by atoms with Crippen LogP contribution in [-0.4, -0.2) is 31.1 Å². The van der Waals surface area contributed by atoms with E-state index in [0.29, 0.717) is 33.9 Å². The summed E-state index contributed by atoms with van der Waals surface area (Å²) in [5.74, 6) is 1.31. The predicted molar refractivity (Wildman–Crippen MR) is 133 cm³/mol. The van der Waals surface area contributed by atoms with E-state index >= 15 is 0 Å². The molecule has 4 aromatic rings. The van der Waals surface area contributed by atoms with Crippen LogP contribution in [0.25, 0.3) is 16.7 Å². The summed E-state index contributed by atoms with van der Waals surface area (Å²) < 4.78 is 3.59. The van der Waals surface area contributed by atoms with Gasteiger partial charge < -0.3 is 5.32 Å². The molecule has 172 valence electrons. The lowest BCUT2D eigenvalue weighted by Gasteiger charge is -2.14. The minimum Gasteiger partial charge on any atom is -0.350 e. The third-order valence-corrected chi connectivity index (χ3v) is 6.25. The Balaban J connectivity index is 1.88. The zero-order valence-electron chi connectivity index (χ0n) is 19.6. The number of aryl methyl sites for hydroxylation is 1. The monoisotopic (exact) mass is 463 g/mol. The number of rotatable bonds is 7. The van der Waals surface area contributed by atoms with Crippen molar-refractivity contribution in [3.05, 3.63) is 69.5 Å². The summed E-state index contributed by atoms with van der Waals surface area (Å²) in [4.78, 5) is 26.0. The highest BCUT2D eigenvalue weighted by Gasteiger charge is 2.19. The molecular formula is C25H29N5O2S. The fourth-order valence-electron chi connectivity index (χ4n) is 3.84. The first-order chi connectivity index (χ1) is 15.7. The predicted octanol–water partition coefficient (Wildman–Crippen LogP) is 4.44. The van der Waals surface area contributed by atoms with Gasteiger partial charge in [0.25, 0.3) is 11.5 Å². The molecule has 4 rings (SSSR count). The molecule has 33 heavy (non-hydrogen) atoms. The Morgan fingerprint density at radius 3 is 2.58 bits per heavy atom. The van der Waals surface area contributed by atoms with Crippen LogP contribution >= 0.6 is 11.8 Å². The van der Waals surface area contributed by atoms with Gasteiger partial charge in [-0.05, 0) is 50.5 Å². The van der Waals surface area contributed by atoms with E-state index in [4.69, 9.17) is 0 Å². The molecule has 0 unspecified atom stereocenters. The van der Waals surface area contributed by atoms with Crippen LogP contribution in [-0.2, 0) is 12.3 Å². The van der Waals surface area contributed by atoms with E-state index in [1.54, 1.807) is 34.5 Å². The van der Waals surface area contributed by atoms with Crippen molar-refractivity contribution in [1.29, 1.82) is 0 Å². The van der Waals surface area contributed by atoms with Crippen LogP contribution in [0.15, 0.2) is 52.4 Å². The molecule has 0 radical (unpaired) electrons. The molecule has 7 nitrogen and oxygen atoms in total. The number of thioether (sulfide) groups is 1. The smallest absolute Gasteiger partial charge is 0.262 e. The lowest BCUT2D eigenvalue weighted by molar-refractivity contribution is 0.0943. The number of amides is 1. The van der Waals surface area contributed by atoms with E-state index in [-0.39, 0.29) is 23.4 Å². The summed E-state index contributed by atoms with van der Waals surface area (Å²) in [6.07, 6.45) is 0. The molecule has 0 saturated heterocycles. The maximum absolute atomic E-state index is 13.3. The molecule has 2 aromatic carbocycles. The van der Waals surface area contributed by atoms with E-state index < -0.39 is 0 Å². The fourth-order valence-corrected chi connectivity index (χ4v) is 4.72. The number of carbonyl (C=O) groups excluding carboxylic acids is 1. The van der Waals surface area contributed by atoms with Gasteiger partial charge in [-0.3, -0.25) is 18.6 Å². The zero-order valence-corrected chi connectivity index (χ0v) is 20.4. The van der Waals surface area contributed by atoms with Gasteiger partial charge >= 0.3 is 0 Å². The molecule has 2 heterocycles. The minimum absolute atomic E-state index is 0.0163. The van der Waals surface area contributed by atoms with Crippen LogP contribution in [0.4, 0.5) is 0 Å². The topological polar surface area (TPSA) is 81.3 Å². The molecule has 8 heteroatoms. The summed E-state index contributed by atoms with van der Waals surface area (Å²) in [7, 11) is 0. The highest BCUT2D eigenvalue weighted by Crippen LogP contribution is 2.26. The van der Waals surface area contributed by atoms with Crippen LogP contribution in [0.5, 0.6) is 0 Å². The van der Waals surface area contributed by atoms with Crippen molar-refractivity contribution in [2.45, 2.75) is 58.1 Å². The van der Waals surface area contributed by atoms with Crippen LogP contribution in [0.2, 0.25) is 0 Å². The zero-order chi connectivity index (χ0) is 23.7. The molecular weight excluding hydrogens is 434 g/mol. The summed E-state index contributed by atoms with van der Waals surface area (Å²) in [5, 5.41) is 13.0. The van der Waals surface area contributed by atoms with Gasteiger partial charge in [0.15, 0.2) is 5.16 Å². The van der Waals surface area contributed by atoms with Crippen LogP contribution in [0, 0.1) is 12.8 Å². The second-order valence-electron chi connectivity index (χ2n) is 9.07. The van der Waals surface area contributed by atoms with Crippen molar-refractivity contribution in [3.8, 4) is 0 Å². The number of fused-ring (bicyclic) bond motifs is 3. The second kappa shape index (κ2) is 9.39. The van der Waals surface area contributed by atoms with Crippen LogP contribution in [0.3, 0.4) is 0 Å². The third kappa shape index (κ3) is 4.80. The molecule has 0 atom stereocenters. The summed E-state index contributed by atoms with van der Waals surface area (Å²) >= 11 is 1.56. The van der Waals surface area contributed by atoms with E-state index in [1.807, 2.05) is 24.3 Å². The SMILES string of the molecule is Cc1cccc(CSc2nnc3n(CC(C)C)c(=O)c4ccc(C(=O)NC(C)C)cc4n23)c1. The Morgan fingerprint density at radius 1 is 1.09 bits per heavy atom. The lowest BCUT2D eigenvalue weighted by Crippen LogP contribution is -2.30. The van der Waals surface area contributed by atoms with Gasteiger partial charge in [0.2, 0.25) is 5.78 Å². The number of aromatic nitrogens is 4. The quantitative estimate of drug-likeness (QED) is 0.410. The largest absolute Gasteiger partial charge is 0.350 e. The normalized spacial score (nSPS) is 11.7. The lowest BCUT2D eigenvalue weighted by atomic mass is 10.1. The molecule has 0 aliphatic rings. The molecule has 0 fully saturated rings.